The van der Waals surface area contributed by atoms with Gasteiger partial charge in [0.05, 0.1) is 15.7 Å². The van der Waals surface area contributed by atoms with Crippen molar-refractivity contribution in [2.75, 3.05) is 12.3 Å². The SMILES string of the molecule is Cc1cc([N+](=O)[O-])ccc1C(=O)NCCS(=O)c1ccccc1. The van der Waals surface area contributed by atoms with Crippen LogP contribution in [0.15, 0.2) is 53.4 Å². The van der Waals surface area contributed by atoms with E-state index < -0.39 is 15.7 Å². The van der Waals surface area contributed by atoms with Gasteiger partial charge in [0.1, 0.15) is 0 Å². The molecule has 0 bridgehead atoms. The summed E-state index contributed by atoms with van der Waals surface area (Å²) in [6.45, 7) is 1.90. The molecule has 0 saturated heterocycles. The molecule has 1 unspecified atom stereocenters. The average molecular weight is 332 g/mol. The summed E-state index contributed by atoms with van der Waals surface area (Å²) in [7, 11) is -1.18. The van der Waals surface area contributed by atoms with Crippen molar-refractivity contribution in [3.8, 4) is 0 Å². The average Bonchev–Trinajstić information content (AvgIpc) is 2.55. The highest BCUT2D eigenvalue weighted by molar-refractivity contribution is 7.85. The minimum atomic E-state index is -1.18. The maximum absolute atomic E-state index is 12.1. The van der Waals surface area contributed by atoms with Gasteiger partial charge in [0, 0.05) is 34.9 Å². The Morgan fingerprint density at radius 3 is 2.52 bits per heavy atom. The third kappa shape index (κ3) is 4.46. The van der Waals surface area contributed by atoms with E-state index in [1.54, 1.807) is 19.1 Å². The van der Waals surface area contributed by atoms with E-state index in [2.05, 4.69) is 5.32 Å². The molecule has 0 aromatic heterocycles. The lowest BCUT2D eigenvalue weighted by molar-refractivity contribution is -0.384. The highest BCUT2D eigenvalue weighted by Crippen LogP contribution is 2.17. The molecule has 6 nitrogen and oxygen atoms in total. The summed E-state index contributed by atoms with van der Waals surface area (Å²) in [6, 6.07) is 13.1. The van der Waals surface area contributed by atoms with Crippen molar-refractivity contribution in [1.82, 2.24) is 5.32 Å². The number of carbonyl (C=O) groups is 1. The first kappa shape index (κ1) is 16.8. The van der Waals surface area contributed by atoms with E-state index in [-0.39, 0.29) is 18.1 Å². The monoisotopic (exact) mass is 332 g/mol. The second kappa shape index (κ2) is 7.64. The van der Waals surface area contributed by atoms with Gasteiger partial charge in [-0.3, -0.25) is 19.1 Å². The summed E-state index contributed by atoms with van der Waals surface area (Å²) in [5, 5.41) is 13.4. The van der Waals surface area contributed by atoms with Crippen LogP contribution in [0, 0.1) is 17.0 Å². The van der Waals surface area contributed by atoms with Crippen LogP contribution in [0.3, 0.4) is 0 Å². The van der Waals surface area contributed by atoms with Crippen LogP contribution in [0.25, 0.3) is 0 Å². The summed E-state index contributed by atoms with van der Waals surface area (Å²) < 4.78 is 12.0. The number of amides is 1. The van der Waals surface area contributed by atoms with Crippen LogP contribution < -0.4 is 5.32 Å². The van der Waals surface area contributed by atoms with Crippen LogP contribution in [0.4, 0.5) is 5.69 Å². The van der Waals surface area contributed by atoms with Gasteiger partial charge < -0.3 is 5.32 Å². The van der Waals surface area contributed by atoms with E-state index in [4.69, 9.17) is 0 Å². The zero-order valence-electron chi connectivity index (χ0n) is 12.5. The summed E-state index contributed by atoms with van der Waals surface area (Å²) in [5.74, 6) is -0.0237. The molecular formula is C16H16N2O4S. The van der Waals surface area contributed by atoms with Crippen molar-refractivity contribution in [2.45, 2.75) is 11.8 Å². The summed E-state index contributed by atoms with van der Waals surface area (Å²) in [4.78, 5) is 23.0. The van der Waals surface area contributed by atoms with Crippen molar-refractivity contribution in [2.24, 2.45) is 0 Å². The Bertz CT molecular complexity index is 747. The molecule has 0 aliphatic heterocycles. The van der Waals surface area contributed by atoms with Crippen molar-refractivity contribution in [1.29, 1.82) is 0 Å². The lowest BCUT2D eigenvalue weighted by atomic mass is 10.1. The lowest BCUT2D eigenvalue weighted by Crippen LogP contribution is -2.28. The van der Waals surface area contributed by atoms with Gasteiger partial charge in [-0.2, -0.15) is 0 Å². The second-order valence-corrected chi connectivity index (χ2v) is 6.45. The lowest BCUT2D eigenvalue weighted by Gasteiger charge is -2.07. The third-order valence-corrected chi connectivity index (χ3v) is 4.62. The topological polar surface area (TPSA) is 89.3 Å². The Balaban J connectivity index is 1.93. The van der Waals surface area contributed by atoms with Crippen LogP contribution in [-0.4, -0.2) is 27.3 Å². The Morgan fingerprint density at radius 1 is 1.22 bits per heavy atom. The highest BCUT2D eigenvalue weighted by Gasteiger charge is 2.13. The van der Waals surface area contributed by atoms with E-state index in [0.29, 0.717) is 21.8 Å². The maximum atomic E-state index is 12.1. The van der Waals surface area contributed by atoms with E-state index in [1.807, 2.05) is 18.2 Å². The Hall–Kier alpha value is -2.54. The summed E-state index contributed by atoms with van der Waals surface area (Å²) in [5.41, 5.74) is 0.853. The molecule has 23 heavy (non-hydrogen) atoms. The van der Waals surface area contributed by atoms with Crippen molar-refractivity contribution < 1.29 is 13.9 Å². The number of nitro benzene ring substituents is 1. The Morgan fingerprint density at radius 2 is 1.91 bits per heavy atom. The van der Waals surface area contributed by atoms with Gasteiger partial charge >= 0.3 is 0 Å². The summed E-state index contributed by atoms with van der Waals surface area (Å²) >= 11 is 0. The molecule has 0 radical (unpaired) electrons. The molecule has 2 aromatic rings. The van der Waals surface area contributed by atoms with Crippen molar-refractivity contribution >= 4 is 22.4 Å². The molecular weight excluding hydrogens is 316 g/mol. The van der Waals surface area contributed by atoms with Gasteiger partial charge in [0.25, 0.3) is 11.6 Å². The fourth-order valence-corrected chi connectivity index (χ4v) is 3.04. The molecule has 0 aliphatic rings. The Kier molecular flexibility index (Phi) is 5.59. The van der Waals surface area contributed by atoms with E-state index in [1.165, 1.54) is 18.2 Å². The number of nitro groups is 1. The standard InChI is InChI=1S/C16H16N2O4S/c1-12-11-13(18(20)21)7-8-15(12)16(19)17-9-10-23(22)14-5-3-2-4-6-14/h2-8,11H,9-10H2,1H3,(H,17,19). The first-order valence-corrected chi connectivity index (χ1v) is 8.27. The van der Waals surface area contributed by atoms with Gasteiger partial charge in [-0.25, -0.2) is 0 Å². The molecule has 2 rings (SSSR count). The number of aryl methyl sites for hydroxylation is 1. The Labute approximate surface area is 136 Å². The molecule has 7 heteroatoms. The molecule has 0 heterocycles. The fraction of sp³-hybridized carbons (Fsp3) is 0.188. The number of nitrogens with one attached hydrogen (secondary N) is 1. The normalized spacial score (nSPS) is 11.7. The predicted molar refractivity (Wildman–Crippen MR) is 87.9 cm³/mol. The van der Waals surface area contributed by atoms with Gasteiger partial charge in [-0.15, -0.1) is 0 Å². The number of hydrogen-bond acceptors (Lipinski definition) is 4. The molecule has 1 atom stereocenters. The van der Waals surface area contributed by atoms with Crippen LogP contribution in [0.5, 0.6) is 0 Å². The number of carbonyl (C=O) groups excluding carboxylic acids is 1. The van der Waals surface area contributed by atoms with Gasteiger partial charge in [-0.05, 0) is 30.7 Å². The predicted octanol–water partition coefficient (Wildman–Crippen LogP) is 2.44. The quantitative estimate of drug-likeness (QED) is 0.650. The van der Waals surface area contributed by atoms with Crippen molar-refractivity contribution in [3.63, 3.8) is 0 Å². The number of nitrogens with zero attached hydrogens (tertiary/aromatic N) is 1. The summed E-state index contributed by atoms with van der Waals surface area (Å²) in [6.07, 6.45) is 0. The molecule has 1 amide bonds. The van der Waals surface area contributed by atoms with Gasteiger partial charge in [0.15, 0.2) is 0 Å². The van der Waals surface area contributed by atoms with E-state index in [9.17, 15) is 19.1 Å². The minimum absolute atomic E-state index is 0.0516. The number of hydrogen-bond donors (Lipinski definition) is 1. The zero-order valence-corrected chi connectivity index (χ0v) is 13.3. The molecule has 0 saturated carbocycles. The van der Waals surface area contributed by atoms with Crippen LogP contribution in [0.2, 0.25) is 0 Å². The maximum Gasteiger partial charge on any atom is 0.269 e. The number of benzene rings is 2. The number of non-ortho nitro benzene ring substituents is 1. The van der Waals surface area contributed by atoms with E-state index in [0.717, 1.165) is 0 Å². The molecule has 0 aliphatic carbocycles. The van der Waals surface area contributed by atoms with Gasteiger partial charge in [0.2, 0.25) is 0 Å². The second-order valence-electron chi connectivity index (χ2n) is 4.87. The fourth-order valence-electron chi connectivity index (χ4n) is 2.06. The smallest absolute Gasteiger partial charge is 0.269 e. The van der Waals surface area contributed by atoms with Crippen LogP contribution in [-0.2, 0) is 10.8 Å². The largest absolute Gasteiger partial charge is 0.351 e. The van der Waals surface area contributed by atoms with Crippen molar-refractivity contribution in [3.05, 3.63) is 69.8 Å². The first-order valence-electron chi connectivity index (χ1n) is 6.95. The third-order valence-electron chi connectivity index (χ3n) is 3.24. The minimum Gasteiger partial charge on any atom is -0.351 e. The molecule has 120 valence electrons. The first-order chi connectivity index (χ1) is 11.0. The van der Waals surface area contributed by atoms with Crippen LogP contribution in [0.1, 0.15) is 15.9 Å². The zero-order chi connectivity index (χ0) is 16.8. The molecule has 0 spiro atoms. The molecule has 2 aromatic carbocycles. The highest BCUT2D eigenvalue weighted by atomic mass is 32.2. The number of rotatable bonds is 6. The molecule has 1 N–H and O–H groups in total. The molecule has 0 fully saturated rings. The van der Waals surface area contributed by atoms with Crippen LogP contribution >= 0.6 is 0 Å². The van der Waals surface area contributed by atoms with Gasteiger partial charge in [-0.1, -0.05) is 18.2 Å². The van der Waals surface area contributed by atoms with E-state index >= 15 is 0 Å².